The molecule has 20 heavy (non-hydrogen) atoms. The largest absolute Gasteiger partial charge is 0.317 e. The molecule has 1 aromatic heterocycles. The van der Waals surface area contributed by atoms with Crippen LogP contribution in [0.5, 0.6) is 0 Å². The summed E-state index contributed by atoms with van der Waals surface area (Å²) in [5.74, 6) is 0. The lowest BCUT2D eigenvalue weighted by Gasteiger charge is -2.24. The number of likely N-dealkylation sites (N-methyl/N-ethyl adjacent to an activating group) is 1. The highest BCUT2D eigenvalue weighted by Gasteiger charge is 2.27. The zero-order chi connectivity index (χ0) is 14.6. The Morgan fingerprint density at radius 1 is 1.40 bits per heavy atom. The van der Waals surface area contributed by atoms with Crippen LogP contribution in [-0.2, 0) is 16.4 Å². The maximum atomic E-state index is 12.6. The fourth-order valence-corrected chi connectivity index (χ4v) is 5.24. The molecule has 0 radical (unpaired) electrons. The lowest BCUT2D eigenvalue weighted by Crippen LogP contribution is -2.34. The summed E-state index contributed by atoms with van der Waals surface area (Å²) in [5, 5.41) is 3.25. The standard InChI is InChI=1S/C14H22N2O2S2/c1-3-15-9-8-13-6-7-14(19-13)20(17,18)16-10-4-5-12(2)11-16/h5-7,15H,3-4,8-11H2,1-2H3. The quantitative estimate of drug-likeness (QED) is 0.647. The number of hydrogen-bond acceptors (Lipinski definition) is 4. The highest BCUT2D eigenvalue weighted by atomic mass is 32.2. The van der Waals surface area contributed by atoms with E-state index in [1.54, 1.807) is 10.4 Å². The molecule has 0 aliphatic carbocycles. The lowest BCUT2D eigenvalue weighted by molar-refractivity contribution is 0.429. The van der Waals surface area contributed by atoms with E-state index in [9.17, 15) is 8.42 Å². The van der Waals surface area contributed by atoms with Crippen LogP contribution in [0.15, 0.2) is 28.0 Å². The third-order valence-corrected chi connectivity index (χ3v) is 6.78. The predicted octanol–water partition coefficient (Wildman–Crippen LogP) is 2.24. The average Bonchev–Trinajstić information content (AvgIpc) is 2.88. The summed E-state index contributed by atoms with van der Waals surface area (Å²) < 4.78 is 27.2. The molecule has 0 saturated carbocycles. The van der Waals surface area contributed by atoms with Crippen LogP contribution in [0.25, 0.3) is 0 Å². The minimum Gasteiger partial charge on any atom is -0.317 e. The predicted molar refractivity (Wildman–Crippen MR) is 83.7 cm³/mol. The van der Waals surface area contributed by atoms with Gasteiger partial charge in [-0.3, -0.25) is 0 Å². The molecule has 2 heterocycles. The van der Waals surface area contributed by atoms with Gasteiger partial charge in [-0.1, -0.05) is 18.6 Å². The second-order valence-electron chi connectivity index (χ2n) is 5.00. The van der Waals surface area contributed by atoms with Crippen molar-refractivity contribution in [2.75, 3.05) is 26.2 Å². The van der Waals surface area contributed by atoms with E-state index in [-0.39, 0.29) is 0 Å². The summed E-state index contributed by atoms with van der Waals surface area (Å²) in [5.41, 5.74) is 1.13. The molecule has 0 atom stereocenters. The van der Waals surface area contributed by atoms with Crippen LogP contribution in [-0.4, -0.2) is 38.9 Å². The molecule has 0 fully saturated rings. The van der Waals surface area contributed by atoms with Crippen molar-refractivity contribution >= 4 is 21.4 Å². The normalized spacial score (nSPS) is 17.2. The Balaban J connectivity index is 2.08. The van der Waals surface area contributed by atoms with Crippen LogP contribution in [0, 0.1) is 0 Å². The topological polar surface area (TPSA) is 49.4 Å². The zero-order valence-corrected chi connectivity index (χ0v) is 13.7. The summed E-state index contributed by atoms with van der Waals surface area (Å²) in [4.78, 5) is 1.12. The van der Waals surface area contributed by atoms with Gasteiger partial charge < -0.3 is 5.32 Å². The molecule has 6 heteroatoms. The van der Waals surface area contributed by atoms with Crippen LogP contribution >= 0.6 is 11.3 Å². The van der Waals surface area contributed by atoms with Gasteiger partial charge in [0.05, 0.1) is 0 Å². The van der Waals surface area contributed by atoms with Crippen molar-refractivity contribution in [2.24, 2.45) is 0 Å². The van der Waals surface area contributed by atoms with Crippen LogP contribution < -0.4 is 5.32 Å². The molecule has 0 saturated heterocycles. The summed E-state index contributed by atoms with van der Waals surface area (Å²) in [6.45, 7) is 6.99. The Bertz CT molecular complexity index is 576. The smallest absolute Gasteiger partial charge is 0.252 e. The van der Waals surface area contributed by atoms with E-state index in [1.165, 1.54) is 11.3 Å². The van der Waals surface area contributed by atoms with Gasteiger partial charge >= 0.3 is 0 Å². The number of thiophene rings is 1. The Labute approximate surface area is 125 Å². The van der Waals surface area contributed by atoms with Crippen molar-refractivity contribution in [3.63, 3.8) is 0 Å². The molecule has 0 spiro atoms. The molecule has 0 bridgehead atoms. The summed E-state index contributed by atoms with van der Waals surface area (Å²) in [7, 11) is -3.31. The van der Waals surface area contributed by atoms with Gasteiger partial charge in [0.1, 0.15) is 4.21 Å². The molecule has 0 unspecified atom stereocenters. The fourth-order valence-electron chi connectivity index (χ4n) is 2.23. The van der Waals surface area contributed by atoms with Crippen molar-refractivity contribution in [3.05, 3.63) is 28.7 Å². The first-order valence-corrected chi connectivity index (χ1v) is 9.25. The van der Waals surface area contributed by atoms with E-state index >= 15 is 0 Å². The van der Waals surface area contributed by atoms with Crippen molar-refractivity contribution in [3.8, 4) is 0 Å². The van der Waals surface area contributed by atoms with Gasteiger partial charge in [-0.05, 0) is 45.0 Å². The molecule has 112 valence electrons. The number of rotatable bonds is 6. The minimum absolute atomic E-state index is 0.471. The molecule has 1 aromatic rings. The number of nitrogens with zero attached hydrogens (tertiary/aromatic N) is 1. The van der Waals surface area contributed by atoms with E-state index in [0.29, 0.717) is 17.3 Å². The SMILES string of the molecule is CCNCCc1ccc(S(=O)(=O)N2CCC=C(C)C2)s1. The first kappa shape index (κ1) is 15.7. The Morgan fingerprint density at radius 3 is 2.90 bits per heavy atom. The van der Waals surface area contributed by atoms with E-state index in [2.05, 4.69) is 18.3 Å². The van der Waals surface area contributed by atoms with Crippen molar-refractivity contribution in [1.82, 2.24) is 9.62 Å². The average molecular weight is 314 g/mol. The highest BCUT2D eigenvalue weighted by molar-refractivity contribution is 7.91. The zero-order valence-electron chi connectivity index (χ0n) is 12.1. The summed E-state index contributed by atoms with van der Waals surface area (Å²) in [6, 6.07) is 3.68. The molecular formula is C14H22N2O2S2. The fraction of sp³-hybridized carbons (Fsp3) is 0.571. The second-order valence-corrected chi connectivity index (χ2v) is 8.34. The third-order valence-electron chi connectivity index (χ3n) is 3.33. The molecule has 1 aliphatic rings. The molecular weight excluding hydrogens is 292 g/mol. The summed E-state index contributed by atoms with van der Waals surface area (Å²) in [6.07, 6.45) is 3.80. The van der Waals surface area contributed by atoms with Gasteiger partial charge in [-0.15, -0.1) is 11.3 Å². The number of sulfonamides is 1. The van der Waals surface area contributed by atoms with Crippen LogP contribution in [0.3, 0.4) is 0 Å². The van der Waals surface area contributed by atoms with Gasteiger partial charge in [0.25, 0.3) is 10.0 Å². The Kier molecular flexibility index (Phi) is 5.37. The maximum absolute atomic E-state index is 12.6. The van der Waals surface area contributed by atoms with Gasteiger partial charge in [0.2, 0.25) is 0 Å². The van der Waals surface area contributed by atoms with Gasteiger partial charge in [-0.2, -0.15) is 4.31 Å². The number of hydrogen-bond donors (Lipinski definition) is 1. The van der Waals surface area contributed by atoms with Crippen LogP contribution in [0.1, 0.15) is 25.1 Å². The monoisotopic (exact) mass is 314 g/mol. The molecule has 1 aliphatic heterocycles. The Hall–Kier alpha value is -0.690. The van der Waals surface area contributed by atoms with Gasteiger partial charge in [0.15, 0.2) is 0 Å². The molecule has 4 nitrogen and oxygen atoms in total. The van der Waals surface area contributed by atoms with Gasteiger partial charge in [0, 0.05) is 18.0 Å². The number of nitrogens with one attached hydrogen (secondary N) is 1. The molecule has 0 amide bonds. The van der Waals surface area contributed by atoms with E-state index in [1.807, 2.05) is 13.0 Å². The first-order valence-electron chi connectivity index (χ1n) is 6.99. The molecule has 2 rings (SSSR count). The van der Waals surface area contributed by atoms with Crippen LogP contribution in [0.4, 0.5) is 0 Å². The third kappa shape index (κ3) is 3.69. The van der Waals surface area contributed by atoms with E-state index in [4.69, 9.17) is 0 Å². The molecule has 0 aromatic carbocycles. The van der Waals surface area contributed by atoms with Crippen molar-refractivity contribution < 1.29 is 8.42 Å². The van der Waals surface area contributed by atoms with Crippen LogP contribution in [0.2, 0.25) is 0 Å². The maximum Gasteiger partial charge on any atom is 0.252 e. The minimum atomic E-state index is -3.31. The lowest BCUT2D eigenvalue weighted by atomic mass is 10.2. The Morgan fingerprint density at radius 2 is 2.20 bits per heavy atom. The second kappa shape index (κ2) is 6.85. The summed E-state index contributed by atoms with van der Waals surface area (Å²) >= 11 is 1.40. The van der Waals surface area contributed by atoms with Gasteiger partial charge in [-0.25, -0.2) is 8.42 Å². The first-order chi connectivity index (χ1) is 9.54. The highest BCUT2D eigenvalue weighted by Crippen LogP contribution is 2.27. The van der Waals surface area contributed by atoms with E-state index in [0.717, 1.165) is 36.4 Å². The van der Waals surface area contributed by atoms with E-state index < -0.39 is 10.0 Å². The van der Waals surface area contributed by atoms with Crippen molar-refractivity contribution in [2.45, 2.75) is 30.9 Å². The van der Waals surface area contributed by atoms with Crippen molar-refractivity contribution in [1.29, 1.82) is 0 Å². The molecule has 1 N–H and O–H groups in total.